The van der Waals surface area contributed by atoms with Crippen molar-refractivity contribution in [2.75, 3.05) is 14.2 Å². The average molecular weight is 224 g/mol. The standard InChI is InChI=1S/C11H10ClNO2/c1-14-8-4-3-7-5-10(15-2)11(12)13-9(7)6-8/h3-6H,1-2H3. The zero-order valence-corrected chi connectivity index (χ0v) is 9.21. The molecule has 0 aliphatic heterocycles. The van der Waals surface area contributed by atoms with E-state index in [0.29, 0.717) is 10.9 Å². The van der Waals surface area contributed by atoms with E-state index >= 15 is 0 Å². The van der Waals surface area contributed by atoms with E-state index in [4.69, 9.17) is 21.1 Å². The first-order valence-electron chi connectivity index (χ1n) is 4.43. The smallest absolute Gasteiger partial charge is 0.171 e. The van der Waals surface area contributed by atoms with Crippen LogP contribution in [0.15, 0.2) is 24.3 Å². The van der Waals surface area contributed by atoms with Crippen molar-refractivity contribution in [3.8, 4) is 11.5 Å². The van der Waals surface area contributed by atoms with Crippen LogP contribution in [-0.2, 0) is 0 Å². The third kappa shape index (κ3) is 1.83. The van der Waals surface area contributed by atoms with Gasteiger partial charge in [0.1, 0.15) is 5.75 Å². The number of rotatable bonds is 2. The van der Waals surface area contributed by atoms with Crippen molar-refractivity contribution in [2.24, 2.45) is 0 Å². The first-order chi connectivity index (χ1) is 7.24. The van der Waals surface area contributed by atoms with Gasteiger partial charge in [-0.05, 0) is 18.2 Å². The Bertz CT molecular complexity index is 499. The molecule has 15 heavy (non-hydrogen) atoms. The SMILES string of the molecule is COc1ccc2cc(OC)c(Cl)nc2c1. The maximum atomic E-state index is 5.92. The van der Waals surface area contributed by atoms with Crippen molar-refractivity contribution >= 4 is 22.5 Å². The van der Waals surface area contributed by atoms with E-state index in [2.05, 4.69) is 4.98 Å². The number of halogens is 1. The Balaban J connectivity index is 2.65. The zero-order chi connectivity index (χ0) is 10.8. The molecule has 2 aromatic rings. The number of nitrogens with zero attached hydrogens (tertiary/aromatic N) is 1. The summed E-state index contributed by atoms with van der Waals surface area (Å²) in [5.74, 6) is 1.34. The first-order valence-corrected chi connectivity index (χ1v) is 4.80. The van der Waals surface area contributed by atoms with Crippen LogP contribution in [0.2, 0.25) is 5.15 Å². The highest BCUT2D eigenvalue weighted by Crippen LogP contribution is 2.28. The third-order valence-electron chi connectivity index (χ3n) is 2.17. The molecule has 4 heteroatoms. The molecule has 0 aliphatic rings. The minimum Gasteiger partial charge on any atom is -0.497 e. The molecule has 0 saturated heterocycles. The Morgan fingerprint density at radius 2 is 1.93 bits per heavy atom. The van der Waals surface area contributed by atoms with Gasteiger partial charge in [0.15, 0.2) is 10.9 Å². The Kier molecular flexibility index (Phi) is 2.64. The van der Waals surface area contributed by atoms with Crippen LogP contribution in [0.1, 0.15) is 0 Å². The van der Waals surface area contributed by atoms with Crippen LogP contribution in [0.25, 0.3) is 10.9 Å². The van der Waals surface area contributed by atoms with Gasteiger partial charge in [-0.3, -0.25) is 0 Å². The summed E-state index contributed by atoms with van der Waals surface area (Å²) in [5.41, 5.74) is 0.792. The van der Waals surface area contributed by atoms with Crippen molar-refractivity contribution in [1.29, 1.82) is 0 Å². The number of hydrogen-bond donors (Lipinski definition) is 0. The Morgan fingerprint density at radius 1 is 1.13 bits per heavy atom. The minimum absolute atomic E-state index is 0.359. The number of methoxy groups -OCH3 is 2. The second kappa shape index (κ2) is 3.95. The van der Waals surface area contributed by atoms with Gasteiger partial charge in [0.05, 0.1) is 19.7 Å². The Morgan fingerprint density at radius 3 is 2.60 bits per heavy atom. The highest BCUT2D eigenvalue weighted by Gasteiger charge is 2.05. The van der Waals surface area contributed by atoms with Gasteiger partial charge in [0.2, 0.25) is 0 Å². The van der Waals surface area contributed by atoms with E-state index < -0.39 is 0 Å². The molecular weight excluding hydrogens is 214 g/mol. The van der Waals surface area contributed by atoms with Gasteiger partial charge in [0, 0.05) is 11.5 Å². The number of aromatic nitrogens is 1. The lowest BCUT2D eigenvalue weighted by Gasteiger charge is -2.05. The van der Waals surface area contributed by atoms with E-state index in [1.807, 2.05) is 24.3 Å². The molecular formula is C11H10ClNO2. The molecule has 1 aromatic heterocycles. The van der Waals surface area contributed by atoms with Crippen LogP contribution in [0.4, 0.5) is 0 Å². The fraction of sp³-hybridized carbons (Fsp3) is 0.182. The summed E-state index contributed by atoms with van der Waals surface area (Å²) in [6.07, 6.45) is 0. The molecule has 0 radical (unpaired) electrons. The van der Waals surface area contributed by atoms with Gasteiger partial charge >= 0.3 is 0 Å². The molecule has 3 nitrogen and oxygen atoms in total. The summed E-state index contributed by atoms with van der Waals surface area (Å²) in [5, 5.41) is 1.33. The van der Waals surface area contributed by atoms with Gasteiger partial charge in [-0.25, -0.2) is 4.98 Å². The normalized spacial score (nSPS) is 10.3. The highest BCUT2D eigenvalue weighted by molar-refractivity contribution is 6.31. The van der Waals surface area contributed by atoms with E-state index in [1.165, 1.54) is 0 Å². The lowest BCUT2D eigenvalue weighted by Crippen LogP contribution is -1.89. The van der Waals surface area contributed by atoms with E-state index in [9.17, 15) is 0 Å². The van der Waals surface area contributed by atoms with E-state index in [-0.39, 0.29) is 0 Å². The second-order valence-electron chi connectivity index (χ2n) is 3.04. The zero-order valence-electron chi connectivity index (χ0n) is 8.45. The van der Waals surface area contributed by atoms with Crippen molar-refractivity contribution in [3.63, 3.8) is 0 Å². The predicted octanol–water partition coefficient (Wildman–Crippen LogP) is 2.91. The lowest BCUT2D eigenvalue weighted by molar-refractivity contribution is 0.413. The molecule has 1 heterocycles. The monoisotopic (exact) mass is 223 g/mol. The Hall–Kier alpha value is -1.48. The van der Waals surface area contributed by atoms with Crippen molar-refractivity contribution in [1.82, 2.24) is 4.98 Å². The summed E-state index contributed by atoms with van der Waals surface area (Å²) in [6, 6.07) is 7.47. The largest absolute Gasteiger partial charge is 0.497 e. The molecule has 0 atom stereocenters. The van der Waals surface area contributed by atoms with Crippen molar-refractivity contribution in [3.05, 3.63) is 29.4 Å². The quantitative estimate of drug-likeness (QED) is 0.734. The maximum Gasteiger partial charge on any atom is 0.171 e. The molecule has 0 N–H and O–H groups in total. The maximum absolute atomic E-state index is 5.92. The summed E-state index contributed by atoms with van der Waals surface area (Å²) in [4.78, 5) is 4.22. The lowest BCUT2D eigenvalue weighted by atomic mass is 10.2. The average Bonchev–Trinajstić information content (AvgIpc) is 2.27. The molecule has 2 rings (SSSR count). The van der Waals surface area contributed by atoms with Gasteiger partial charge in [-0.1, -0.05) is 11.6 Å². The fourth-order valence-electron chi connectivity index (χ4n) is 1.37. The van der Waals surface area contributed by atoms with Crippen LogP contribution in [-0.4, -0.2) is 19.2 Å². The van der Waals surface area contributed by atoms with E-state index in [1.54, 1.807) is 14.2 Å². The Labute approximate surface area is 92.6 Å². The molecule has 0 aliphatic carbocycles. The highest BCUT2D eigenvalue weighted by atomic mass is 35.5. The predicted molar refractivity (Wildman–Crippen MR) is 59.9 cm³/mol. The number of ether oxygens (including phenoxy) is 2. The minimum atomic E-state index is 0.359. The number of hydrogen-bond acceptors (Lipinski definition) is 3. The molecule has 0 amide bonds. The fourth-order valence-corrected chi connectivity index (χ4v) is 1.60. The number of fused-ring (bicyclic) bond motifs is 1. The molecule has 0 unspecified atom stereocenters. The second-order valence-corrected chi connectivity index (χ2v) is 3.40. The molecule has 0 spiro atoms. The van der Waals surface area contributed by atoms with Crippen LogP contribution in [0, 0.1) is 0 Å². The van der Waals surface area contributed by atoms with Crippen LogP contribution >= 0.6 is 11.6 Å². The number of benzene rings is 1. The molecule has 0 saturated carbocycles. The van der Waals surface area contributed by atoms with Gasteiger partial charge in [0.25, 0.3) is 0 Å². The summed E-state index contributed by atoms with van der Waals surface area (Å²) in [6.45, 7) is 0. The summed E-state index contributed by atoms with van der Waals surface area (Å²) < 4.78 is 10.2. The first kappa shape index (κ1) is 10.1. The third-order valence-corrected chi connectivity index (χ3v) is 2.44. The van der Waals surface area contributed by atoms with Crippen LogP contribution < -0.4 is 9.47 Å². The van der Waals surface area contributed by atoms with Crippen LogP contribution in [0.3, 0.4) is 0 Å². The topological polar surface area (TPSA) is 31.4 Å². The van der Waals surface area contributed by atoms with Gasteiger partial charge in [-0.15, -0.1) is 0 Å². The molecule has 0 bridgehead atoms. The number of pyridine rings is 1. The molecule has 0 fully saturated rings. The van der Waals surface area contributed by atoms with Crippen LogP contribution in [0.5, 0.6) is 11.5 Å². The molecule has 1 aromatic carbocycles. The molecule has 78 valence electrons. The summed E-state index contributed by atoms with van der Waals surface area (Å²) >= 11 is 5.92. The summed E-state index contributed by atoms with van der Waals surface area (Å²) in [7, 11) is 3.19. The van der Waals surface area contributed by atoms with Crippen molar-refractivity contribution in [2.45, 2.75) is 0 Å². The van der Waals surface area contributed by atoms with Gasteiger partial charge < -0.3 is 9.47 Å². The van der Waals surface area contributed by atoms with Crippen molar-refractivity contribution < 1.29 is 9.47 Å². The van der Waals surface area contributed by atoms with Gasteiger partial charge in [-0.2, -0.15) is 0 Å². The van der Waals surface area contributed by atoms with E-state index in [0.717, 1.165) is 16.7 Å².